The van der Waals surface area contributed by atoms with Gasteiger partial charge < -0.3 is 36.5 Å². The molecule has 11 nitrogen and oxygen atoms in total. The van der Waals surface area contributed by atoms with Crippen molar-refractivity contribution in [2.45, 2.75) is 37.4 Å². The summed E-state index contributed by atoms with van der Waals surface area (Å²) < 4.78 is 0. The van der Waals surface area contributed by atoms with Crippen molar-refractivity contribution in [3.8, 4) is 0 Å². The number of nitrogens with one attached hydrogen (secondary N) is 4. The Kier molecular flexibility index (Phi) is 7.58. The number of benzene rings is 1. The van der Waals surface area contributed by atoms with Gasteiger partial charge in [-0.1, -0.05) is 18.2 Å². The first-order valence-corrected chi connectivity index (χ1v) is 10.1. The SMILES string of the molecule is N[C@H](Cc1c[nH]c2ccccc12)C(=O)N[C@@H](Cc1cnc[nH]1)C(=O)N[C@@H](CCO)C(=O)O. The number of H-pyrrole nitrogens is 2. The standard InChI is InChI=1S/C21H26N6O5/c22-15(7-12-9-24-16-4-2-1-3-14(12)16)19(29)27-18(8-13-10-23-11-25-13)20(30)26-17(5-6-28)21(31)32/h1-4,9-11,15,17-18,24,28H,5-8,22H2,(H,23,25)(H,26,30)(H,27,29)(H,31,32)/t15-,17+,18+/m1/s1. The molecule has 0 spiro atoms. The van der Waals surface area contributed by atoms with Gasteiger partial charge >= 0.3 is 5.97 Å². The molecule has 0 aliphatic carbocycles. The highest BCUT2D eigenvalue weighted by Gasteiger charge is 2.28. The van der Waals surface area contributed by atoms with Gasteiger partial charge in [0.2, 0.25) is 11.8 Å². The molecule has 0 bridgehead atoms. The van der Waals surface area contributed by atoms with Crippen molar-refractivity contribution in [1.82, 2.24) is 25.6 Å². The molecule has 11 heteroatoms. The van der Waals surface area contributed by atoms with Crippen molar-refractivity contribution in [3.63, 3.8) is 0 Å². The molecule has 0 saturated carbocycles. The number of para-hydroxylation sites is 1. The number of rotatable bonds is 11. The fourth-order valence-electron chi connectivity index (χ4n) is 3.39. The van der Waals surface area contributed by atoms with E-state index < -0.39 is 42.5 Å². The second-order valence-electron chi connectivity index (χ2n) is 7.42. The van der Waals surface area contributed by atoms with Crippen molar-refractivity contribution < 1.29 is 24.6 Å². The van der Waals surface area contributed by atoms with Crippen LogP contribution in [0.2, 0.25) is 0 Å². The lowest BCUT2D eigenvalue weighted by molar-refractivity contribution is -0.142. The van der Waals surface area contributed by atoms with E-state index in [4.69, 9.17) is 10.8 Å². The number of imidazole rings is 1. The van der Waals surface area contributed by atoms with Gasteiger partial charge in [0.25, 0.3) is 0 Å². The highest BCUT2D eigenvalue weighted by molar-refractivity contribution is 5.92. The third-order valence-electron chi connectivity index (χ3n) is 5.10. The minimum absolute atomic E-state index is 0.0584. The summed E-state index contributed by atoms with van der Waals surface area (Å²) in [5, 5.41) is 24.2. The van der Waals surface area contributed by atoms with Crippen LogP contribution in [0.3, 0.4) is 0 Å². The topological polar surface area (TPSA) is 186 Å². The number of aromatic amines is 2. The highest BCUT2D eigenvalue weighted by atomic mass is 16.4. The maximum absolute atomic E-state index is 12.8. The first-order chi connectivity index (χ1) is 15.4. The molecule has 170 valence electrons. The van der Waals surface area contributed by atoms with E-state index in [0.717, 1.165) is 16.5 Å². The lowest BCUT2D eigenvalue weighted by atomic mass is 10.0. The third kappa shape index (κ3) is 5.71. The molecule has 1 aromatic carbocycles. The van der Waals surface area contributed by atoms with Gasteiger partial charge in [0.05, 0.1) is 12.4 Å². The number of hydrogen-bond acceptors (Lipinski definition) is 6. The predicted molar refractivity (Wildman–Crippen MR) is 115 cm³/mol. The summed E-state index contributed by atoms with van der Waals surface area (Å²) in [6.45, 7) is -0.412. The predicted octanol–water partition coefficient (Wildman–Crippen LogP) is -0.560. The molecule has 0 aliphatic heterocycles. The smallest absolute Gasteiger partial charge is 0.326 e. The second-order valence-corrected chi connectivity index (χ2v) is 7.42. The molecule has 3 aromatic rings. The number of carbonyl (C=O) groups is 3. The van der Waals surface area contributed by atoms with Crippen LogP contribution in [0.1, 0.15) is 17.7 Å². The zero-order chi connectivity index (χ0) is 23.1. The number of hydrogen-bond donors (Lipinski definition) is 7. The molecule has 3 rings (SSSR count). The molecular weight excluding hydrogens is 416 g/mol. The number of nitrogens with two attached hydrogens (primary N) is 1. The molecule has 0 aliphatic rings. The molecule has 0 fully saturated rings. The van der Waals surface area contributed by atoms with E-state index in [1.54, 1.807) is 6.20 Å². The zero-order valence-corrected chi connectivity index (χ0v) is 17.2. The average Bonchev–Trinajstić information content (AvgIpc) is 3.43. The van der Waals surface area contributed by atoms with Crippen LogP contribution in [0.25, 0.3) is 10.9 Å². The van der Waals surface area contributed by atoms with Crippen LogP contribution in [0.4, 0.5) is 0 Å². The zero-order valence-electron chi connectivity index (χ0n) is 17.2. The largest absolute Gasteiger partial charge is 0.480 e. The van der Waals surface area contributed by atoms with Gasteiger partial charge in [0, 0.05) is 48.4 Å². The van der Waals surface area contributed by atoms with Gasteiger partial charge in [0.15, 0.2) is 0 Å². The van der Waals surface area contributed by atoms with Crippen molar-refractivity contribution in [2.75, 3.05) is 6.61 Å². The van der Waals surface area contributed by atoms with Crippen LogP contribution in [-0.2, 0) is 27.2 Å². The number of carboxylic acids is 1. The lowest BCUT2D eigenvalue weighted by Crippen LogP contribution is -2.55. The Morgan fingerprint density at radius 2 is 1.81 bits per heavy atom. The lowest BCUT2D eigenvalue weighted by Gasteiger charge is -2.22. The number of aromatic nitrogens is 3. The first kappa shape index (κ1) is 23.0. The summed E-state index contributed by atoms with van der Waals surface area (Å²) in [5.41, 5.74) is 8.48. The average molecular weight is 442 g/mol. The van der Waals surface area contributed by atoms with Crippen LogP contribution in [0.15, 0.2) is 43.0 Å². The van der Waals surface area contributed by atoms with E-state index in [-0.39, 0.29) is 19.3 Å². The van der Waals surface area contributed by atoms with Crippen molar-refractivity contribution in [2.24, 2.45) is 5.73 Å². The van der Waals surface area contributed by atoms with Gasteiger partial charge in [-0.05, 0) is 18.1 Å². The Morgan fingerprint density at radius 1 is 1.06 bits per heavy atom. The quantitative estimate of drug-likeness (QED) is 0.207. The molecule has 8 N–H and O–H groups in total. The van der Waals surface area contributed by atoms with Crippen molar-refractivity contribution >= 4 is 28.7 Å². The van der Waals surface area contributed by atoms with E-state index in [1.165, 1.54) is 12.5 Å². The summed E-state index contributed by atoms with van der Waals surface area (Å²) in [4.78, 5) is 46.7. The van der Waals surface area contributed by atoms with E-state index in [0.29, 0.717) is 5.69 Å². The van der Waals surface area contributed by atoms with E-state index >= 15 is 0 Å². The van der Waals surface area contributed by atoms with Crippen LogP contribution < -0.4 is 16.4 Å². The fraction of sp³-hybridized carbons (Fsp3) is 0.333. The maximum Gasteiger partial charge on any atom is 0.326 e. The van der Waals surface area contributed by atoms with Crippen LogP contribution in [-0.4, -0.2) is 67.7 Å². The summed E-state index contributed by atoms with van der Waals surface area (Å²) in [6, 6.07) is 4.33. The Labute approximate surface area is 183 Å². The van der Waals surface area contributed by atoms with Gasteiger partial charge in [-0.2, -0.15) is 0 Å². The van der Waals surface area contributed by atoms with E-state index in [2.05, 4.69) is 25.6 Å². The van der Waals surface area contributed by atoms with Crippen molar-refractivity contribution in [1.29, 1.82) is 0 Å². The fourth-order valence-corrected chi connectivity index (χ4v) is 3.39. The number of fused-ring (bicyclic) bond motifs is 1. The minimum Gasteiger partial charge on any atom is -0.480 e. The number of carboxylic acid groups (broad SMARTS) is 1. The number of carbonyl (C=O) groups excluding carboxylic acids is 2. The summed E-state index contributed by atoms with van der Waals surface area (Å²) in [6.07, 6.45) is 4.87. The molecule has 0 unspecified atom stereocenters. The van der Waals surface area contributed by atoms with Gasteiger partial charge in [-0.3, -0.25) is 9.59 Å². The van der Waals surface area contributed by atoms with E-state index in [1.807, 2.05) is 24.3 Å². The van der Waals surface area contributed by atoms with Crippen LogP contribution in [0, 0.1) is 0 Å². The number of nitrogens with zero attached hydrogens (tertiary/aromatic N) is 1. The van der Waals surface area contributed by atoms with Crippen LogP contribution in [0.5, 0.6) is 0 Å². The van der Waals surface area contributed by atoms with Crippen LogP contribution >= 0.6 is 0 Å². The second kappa shape index (κ2) is 10.6. The monoisotopic (exact) mass is 442 g/mol. The molecule has 0 saturated heterocycles. The normalized spacial score (nSPS) is 13.9. The minimum atomic E-state index is -1.28. The number of aliphatic hydroxyl groups is 1. The third-order valence-corrected chi connectivity index (χ3v) is 5.10. The summed E-state index contributed by atoms with van der Waals surface area (Å²) in [7, 11) is 0. The van der Waals surface area contributed by atoms with Gasteiger partial charge in [0.1, 0.15) is 12.1 Å². The maximum atomic E-state index is 12.8. The molecule has 32 heavy (non-hydrogen) atoms. The van der Waals surface area contributed by atoms with Gasteiger partial charge in [-0.15, -0.1) is 0 Å². The summed E-state index contributed by atoms with van der Waals surface area (Å²) >= 11 is 0. The number of aliphatic hydroxyl groups excluding tert-OH is 1. The Morgan fingerprint density at radius 3 is 2.50 bits per heavy atom. The first-order valence-electron chi connectivity index (χ1n) is 10.1. The van der Waals surface area contributed by atoms with Crippen molar-refractivity contribution in [3.05, 3.63) is 54.2 Å². The van der Waals surface area contributed by atoms with E-state index in [9.17, 15) is 19.5 Å². The molecular formula is C21H26N6O5. The summed E-state index contributed by atoms with van der Waals surface area (Å²) in [5.74, 6) is -2.54. The van der Waals surface area contributed by atoms with Gasteiger partial charge in [-0.25, -0.2) is 9.78 Å². The molecule has 2 heterocycles. The highest BCUT2D eigenvalue weighted by Crippen LogP contribution is 2.18. The Hall–Kier alpha value is -3.70. The molecule has 2 amide bonds. The molecule has 3 atom stereocenters. The number of amides is 2. The molecule has 2 aromatic heterocycles. The Balaban J connectivity index is 1.70. The molecule has 0 radical (unpaired) electrons. The number of aliphatic carboxylic acids is 1. The Bertz CT molecular complexity index is 1060.